The van der Waals surface area contributed by atoms with Gasteiger partial charge in [-0.25, -0.2) is 0 Å². The summed E-state index contributed by atoms with van der Waals surface area (Å²) >= 11 is 12.2. The number of rotatable bonds is 25. The first-order chi connectivity index (χ1) is 16.5. The van der Waals surface area contributed by atoms with Crippen LogP contribution in [0.2, 0.25) is 0 Å². The first kappa shape index (κ1) is 33.5. The minimum atomic E-state index is -0.185. The molecular weight excluding hydrogens is 467 g/mol. The summed E-state index contributed by atoms with van der Waals surface area (Å²) < 4.78 is 2.50. The molecule has 0 bridgehead atoms. The lowest BCUT2D eigenvalue weighted by Gasteiger charge is -2.16. The highest BCUT2D eigenvalue weighted by Crippen LogP contribution is 2.14. The summed E-state index contributed by atoms with van der Waals surface area (Å²) in [5, 5.41) is 0. The van der Waals surface area contributed by atoms with Crippen molar-refractivity contribution < 1.29 is 9.59 Å². The molecule has 0 aromatic heterocycles. The predicted octanol–water partition coefficient (Wildman–Crippen LogP) is 9.57. The van der Waals surface area contributed by atoms with Gasteiger partial charge in [0.05, 0.1) is 0 Å². The van der Waals surface area contributed by atoms with Crippen molar-refractivity contribution in [3.8, 4) is 0 Å². The van der Waals surface area contributed by atoms with Crippen molar-refractivity contribution in [1.29, 1.82) is 0 Å². The van der Waals surface area contributed by atoms with E-state index in [-0.39, 0.29) is 24.7 Å². The first-order valence-electron chi connectivity index (χ1n) is 14.4. The molecule has 0 fully saturated rings. The summed E-state index contributed by atoms with van der Waals surface area (Å²) in [6.07, 6.45) is 25.2. The van der Waals surface area contributed by atoms with Crippen LogP contribution < -0.4 is 0 Å². The van der Waals surface area contributed by atoms with Gasteiger partial charge in [-0.3, -0.25) is 18.4 Å². The van der Waals surface area contributed by atoms with Crippen LogP contribution in [0, 0.1) is 0 Å². The maximum Gasteiger partial charge on any atom is 0.237 e. The molecule has 202 valence electrons. The van der Waals surface area contributed by atoms with Crippen LogP contribution in [0.1, 0.15) is 155 Å². The second-order valence-corrected chi connectivity index (χ2v) is 10.6. The largest absolute Gasteiger partial charge is 0.274 e. The molecule has 2 amide bonds. The first-order valence-corrected chi connectivity index (χ1v) is 15.1. The van der Waals surface area contributed by atoms with Crippen molar-refractivity contribution in [2.45, 2.75) is 155 Å². The maximum absolute atomic E-state index is 12.2. The average molecular weight is 522 g/mol. The van der Waals surface area contributed by atoms with Gasteiger partial charge in [0.1, 0.15) is 0 Å². The smallest absolute Gasteiger partial charge is 0.237 e. The van der Waals surface area contributed by atoms with E-state index < -0.39 is 0 Å². The van der Waals surface area contributed by atoms with E-state index in [1.807, 2.05) is 0 Å². The number of carbonyl (C=O) groups excluding carboxylic acids is 2. The van der Waals surface area contributed by atoms with Crippen LogP contribution in [-0.2, 0) is 9.59 Å². The zero-order valence-corrected chi connectivity index (χ0v) is 23.9. The van der Waals surface area contributed by atoms with Crippen LogP contribution in [0.25, 0.3) is 0 Å². The molecule has 0 spiro atoms. The van der Waals surface area contributed by atoms with Crippen molar-refractivity contribution in [2.75, 3.05) is 13.1 Å². The SMILES string of the molecule is CCCCCCCCCCCCN(Cl)C(=O)CCC(=O)N(Cl)CCCCCCCCCCCC. The van der Waals surface area contributed by atoms with E-state index in [1.165, 1.54) is 112 Å². The Balaban J connectivity index is 3.61. The fourth-order valence-electron chi connectivity index (χ4n) is 4.18. The quantitative estimate of drug-likeness (QED) is 0.0886. The third kappa shape index (κ3) is 22.0. The Morgan fingerprint density at radius 1 is 0.441 bits per heavy atom. The molecule has 0 saturated heterocycles. The molecule has 0 N–H and O–H groups in total. The van der Waals surface area contributed by atoms with Gasteiger partial charge in [0.15, 0.2) is 0 Å². The normalized spacial score (nSPS) is 11.1. The Labute approximate surface area is 221 Å². The van der Waals surface area contributed by atoms with Crippen LogP contribution >= 0.6 is 23.6 Å². The Hall–Kier alpha value is -0.480. The summed E-state index contributed by atoms with van der Waals surface area (Å²) in [5.74, 6) is -0.370. The van der Waals surface area contributed by atoms with E-state index in [1.54, 1.807) is 0 Å². The van der Waals surface area contributed by atoms with Crippen LogP contribution in [0.3, 0.4) is 0 Å². The molecule has 0 heterocycles. The number of amides is 2. The molecule has 0 radical (unpaired) electrons. The third-order valence-electron chi connectivity index (χ3n) is 6.51. The van der Waals surface area contributed by atoms with Gasteiger partial charge in [-0.15, -0.1) is 0 Å². The predicted molar refractivity (Wildman–Crippen MR) is 148 cm³/mol. The van der Waals surface area contributed by atoms with Crippen LogP contribution in [-0.4, -0.2) is 33.7 Å². The van der Waals surface area contributed by atoms with Crippen LogP contribution in [0.4, 0.5) is 0 Å². The lowest BCUT2D eigenvalue weighted by Crippen LogP contribution is -2.27. The van der Waals surface area contributed by atoms with E-state index in [2.05, 4.69) is 13.8 Å². The summed E-state index contributed by atoms with van der Waals surface area (Å²) in [5.41, 5.74) is 0. The minimum Gasteiger partial charge on any atom is -0.274 e. The van der Waals surface area contributed by atoms with Crippen molar-refractivity contribution in [1.82, 2.24) is 8.84 Å². The van der Waals surface area contributed by atoms with Crippen LogP contribution in [0.15, 0.2) is 0 Å². The molecule has 0 saturated carbocycles. The van der Waals surface area contributed by atoms with E-state index in [0.717, 1.165) is 25.7 Å². The molecule has 0 aromatic rings. The van der Waals surface area contributed by atoms with Crippen LogP contribution in [0.5, 0.6) is 0 Å². The minimum absolute atomic E-state index is 0.126. The second-order valence-electron chi connectivity index (χ2n) is 9.82. The second kappa shape index (κ2) is 25.6. The highest BCUT2D eigenvalue weighted by atomic mass is 35.5. The Morgan fingerprint density at radius 2 is 0.676 bits per heavy atom. The third-order valence-corrected chi connectivity index (χ3v) is 7.23. The van der Waals surface area contributed by atoms with Gasteiger partial charge < -0.3 is 0 Å². The Morgan fingerprint density at radius 3 is 0.941 bits per heavy atom. The zero-order valence-electron chi connectivity index (χ0n) is 22.4. The van der Waals surface area contributed by atoms with E-state index >= 15 is 0 Å². The summed E-state index contributed by atoms with van der Waals surface area (Å²) in [7, 11) is 0. The molecule has 0 aliphatic rings. The van der Waals surface area contributed by atoms with Crippen molar-refractivity contribution in [3.63, 3.8) is 0 Å². The molecule has 6 heteroatoms. The number of halogens is 2. The molecule has 4 nitrogen and oxygen atoms in total. The molecular formula is C28H54Cl2N2O2. The van der Waals surface area contributed by atoms with E-state index in [9.17, 15) is 9.59 Å². The molecule has 0 unspecified atom stereocenters. The maximum atomic E-state index is 12.2. The average Bonchev–Trinajstić information content (AvgIpc) is 2.84. The number of hydrogen-bond acceptors (Lipinski definition) is 2. The van der Waals surface area contributed by atoms with Gasteiger partial charge in [0, 0.05) is 49.5 Å². The summed E-state index contributed by atoms with van der Waals surface area (Å²) in [6.45, 7) is 5.59. The lowest BCUT2D eigenvalue weighted by atomic mass is 10.1. The Bertz CT molecular complexity index is 435. The number of unbranched alkanes of at least 4 members (excludes halogenated alkanes) is 18. The van der Waals surface area contributed by atoms with E-state index in [4.69, 9.17) is 23.6 Å². The lowest BCUT2D eigenvalue weighted by molar-refractivity contribution is -0.132. The molecule has 0 aliphatic heterocycles. The summed E-state index contributed by atoms with van der Waals surface area (Å²) in [4.78, 5) is 24.4. The number of carbonyl (C=O) groups is 2. The van der Waals surface area contributed by atoms with Crippen molar-refractivity contribution in [2.24, 2.45) is 0 Å². The van der Waals surface area contributed by atoms with Gasteiger partial charge in [0.25, 0.3) is 0 Å². The topological polar surface area (TPSA) is 40.6 Å². The molecule has 0 aliphatic carbocycles. The summed E-state index contributed by atoms with van der Waals surface area (Å²) in [6, 6.07) is 0. The molecule has 34 heavy (non-hydrogen) atoms. The fourth-order valence-corrected chi connectivity index (χ4v) is 4.59. The van der Waals surface area contributed by atoms with Crippen molar-refractivity contribution >= 4 is 35.4 Å². The number of nitrogens with zero attached hydrogens (tertiary/aromatic N) is 2. The van der Waals surface area contributed by atoms with E-state index in [0.29, 0.717) is 13.1 Å². The van der Waals surface area contributed by atoms with Gasteiger partial charge in [-0.1, -0.05) is 129 Å². The van der Waals surface area contributed by atoms with Gasteiger partial charge in [-0.05, 0) is 12.8 Å². The van der Waals surface area contributed by atoms with Gasteiger partial charge in [-0.2, -0.15) is 0 Å². The standard InChI is InChI=1S/C28H54Cl2N2O2/c1-3-5-7-9-11-13-15-17-19-21-25-31(29)27(33)23-24-28(34)32(30)26-22-20-18-16-14-12-10-8-6-4-2/h3-26H2,1-2H3. The molecule has 0 aromatic carbocycles. The van der Waals surface area contributed by atoms with Gasteiger partial charge in [0.2, 0.25) is 11.8 Å². The zero-order chi connectivity index (χ0) is 25.3. The highest BCUT2D eigenvalue weighted by Gasteiger charge is 2.16. The molecule has 0 rings (SSSR count). The number of hydrogen-bond donors (Lipinski definition) is 0. The highest BCUT2D eigenvalue weighted by molar-refractivity contribution is 6.22. The molecule has 0 atom stereocenters. The van der Waals surface area contributed by atoms with Gasteiger partial charge >= 0.3 is 0 Å². The van der Waals surface area contributed by atoms with Crippen molar-refractivity contribution in [3.05, 3.63) is 0 Å². The monoisotopic (exact) mass is 520 g/mol. The Kier molecular flexibility index (Phi) is 25.2. The fraction of sp³-hybridized carbons (Fsp3) is 0.929.